The molecule has 0 saturated carbocycles. The highest BCUT2D eigenvalue weighted by Gasteiger charge is 2.22. The van der Waals surface area contributed by atoms with Gasteiger partial charge in [0.2, 0.25) is 5.28 Å². The molecule has 4 aromatic rings. The van der Waals surface area contributed by atoms with Crippen LogP contribution in [0.1, 0.15) is 11.1 Å². The Morgan fingerprint density at radius 1 is 1.04 bits per heavy atom. The van der Waals surface area contributed by atoms with Crippen molar-refractivity contribution in [3.8, 4) is 10.6 Å². The van der Waals surface area contributed by atoms with Gasteiger partial charge in [0.25, 0.3) is 10.0 Å². The maximum atomic E-state index is 13.0. The van der Waals surface area contributed by atoms with E-state index >= 15 is 0 Å². The van der Waals surface area contributed by atoms with Gasteiger partial charge in [-0.3, -0.25) is 0 Å². The lowest BCUT2D eigenvalue weighted by molar-refractivity contribution is 0.588. The Morgan fingerprint density at radius 2 is 1.77 bits per heavy atom. The lowest BCUT2D eigenvalue weighted by atomic mass is 10.2. The smallest absolute Gasteiger partial charge is 0.224 e. The Kier molecular flexibility index (Phi) is 4.10. The number of aromatic nitrogens is 3. The predicted molar refractivity (Wildman–Crippen MR) is 104 cm³/mol. The van der Waals surface area contributed by atoms with E-state index in [4.69, 9.17) is 11.6 Å². The molecule has 0 radical (unpaired) electrons. The summed E-state index contributed by atoms with van der Waals surface area (Å²) in [5.74, 6) is 0. The van der Waals surface area contributed by atoms with E-state index in [1.165, 1.54) is 17.5 Å². The molecule has 0 aliphatic carbocycles. The van der Waals surface area contributed by atoms with Crippen LogP contribution in [0.4, 0.5) is 0 Å². The lowest BCUT2D eigenvalue weighted by Crippen LogP contribution is -2.12. The highest BCUT2D eigenvalue weighted by Crippen LogP contribution is 2.33. The summed E-state index contributed by atoms with van der Waals surface area (Å²) in [4.78, 5) is 9.62. The third-order valence-electron chi connectivity index (χ3n) is 4.03. The zero-order chi connectivity index (χ0) is 18.5. The zero-order valence-electron chi connectivity index (χ0n) is 14.0. The average molecular weight is 404 g/mol. The number of rotatable bonds is 3. The van der Waals surface area contributed by atoms with Gasteiger partial charge < -0.3 is 0 Å². The van der Waals surface area contributed by atoms with Crippen LogP contribution in [0.3, 0.4) is 0 Å². The van der Waals surface area contributed by atoms with E-state index in [1.807, 2.05) is 25.3 Å². The summed E-state index contributed by atoms with van der Waals surface area (Å²) in [6.07, 6.45) is 1.49. The van der Waals surface area contributed by atoms with Crippen molar-refractivity contribution in [2.75, 3.05) is 0 Å². The molecular formula is C18H14ClN3O2S2. The van der Waals surface area contributed by atoms with Gasteiger partial charge in [-0.2, -0.15) is 4.98 Å². The van der Waals surface area contributed by atoms with E-state index in [0.29, 0.717) is 11.1 Å². The zero-order valence-corrected chi connectivity index (χ0v) is 16.4. The van der Waals surface area contributed by atoms with Gasteiger partial charge in [-0.05, 0) is 60.7 Å². The molecule has 1 aromatic carbocycles. The largest absolute Gasteiger partial charge is 0.269 e. The van der Waals surface area contributed by atoms with Gasteiger partial charge >= 0.3 is 0 Å². The highest BCUT2D eigenvalue weighted by atomic mass is 35.5. The van der Waals surface area contributed by atoms with Gasteiger partial charge in [0.05, 0.1) is 15.5 Å². The van der Waals surface area contributed by atoms with E-state index in [0.717, 1.165) is 20.0 Å². The van der Waals surface area contributed by atoms with Crippen LogP contribution in [0.15, 0.2) is 52.9 Å². The van der Waals surface area contributed by atoms with Crippen molar-refractivity contribution in [1.82, 2.24) is 13.9 Å². The molecule has 5 nitrogen and oxygen atoms in total. The molecule has 26 heavy (non-hydrogen) atoms. The maximum Gasteiger partial charge on any atom is 0.269 e. The van der Waals surface area contributed by atoms with E-state index < -0.39 is 10.0 Å². The summed E-state index contributed by atoms with van der Waals surface area (Å²) in [6.45, 7) is 3.90. The van der Waals surface area contributed by atoms with Gasteiger partial charge in [0.15, 0.2) is 5.65 Å². The molecule has 0 amide bonds. The number of hydrogen-bond donors (Lipinski definition) is 0. The van der Waals surface area contributed by atoms with Gasteiger partial charge in [-0.15, -0.1) is 11.3 Å². The van der Waals surface area contributed by atoms with Crippen LogP contribution >= 0.6 is 22.9 Å². The van der Waals surface area contributed by atoms with E-state index in [2.05, 4.69) is 9.97 Å². The van der Waals surface area contributed by atoms with Crippen LogP contribution in [0.5, 0.6) is 0 Å². The molecule has 4 rings (SSSR count). The predicted octanol–water partition coefficient (Wildman–Crippen LogP) is 4.67. The van der Waals surface area contributed by atoms with E-state index in [1.54, 1.807) is 30.3 Å². The molecule has 3 aromatic heterocycles. The fourth-order valence-corrected chi connectivity index (χ4v) is 5.09. The molecule has 0 fully saturated rings. The molecule has 0 unspecified atom stereocenters. The van der Waals surface area contributed by atoms with Crippen molar-refractivity contribution in [3.63, 3.8) is 0 Å². The summed E-state index contributed by atoms with van der Waals surface area (Å²) in [5, 5.41) is 2.67. The van der Waals surface area contributed by atoms with Crippen LogP contribution in [0.2, 0.25) is 5.28 Å². The molecule has 0 N–H and O–H groups in total. The Hall–Kier alpha value is -2.22. The summed E-state index contributed by atoms with van der Waals surface area (Å²) in [5.41, 5.74) is 3.00. The third-order valence-corrected chi connectivity index (χ3v) is 6.93. The molecule has 132 valence electrons. The minimum Gasteiger partial charge on any atom is -0.224 e. The van der Waals surface area contributed by atoms with Gasteiger partial charge in [0, 0.05) is 11.6 Å². The Morgan fingerprint density at radius 3 is 2.42 bits per heavy atom. The molecule has 8 heteroatoms. The van der Waals surface area contributed by atoms with Gasteiger partial charge in [-0.25, -0.2) is 17.4 Å². The van der Waals surface area contributed by atoms with Crippen LogP contribution in [-0.4, -0.2) is 22.4 Å². The second-order valence-electron chi connectivity index (χ2n) is 6.00. The van der Waals surface area contributed by atoms with Crippen molar-refractivity contribution in [1.29, 1.82) is 0 Å². The second-order valence-corrected chi connectivity index (χ2v) is 9.06. The number of halogens is 1. The molecule has 0 aliphatic heterocycles. The van der Waals surface area contributed by atoms with Crippen LogP contribution in [0, 0.1) is 13.8 Å². The summed E-state index contributed by atoms with van der Waals surface area (Å²) >= 11 is 7.63. The quantitative estimate of drug-likeness (QED) is 0.466. The van der Waals surface area contributed by atoms with E-state index in [9.17, 15) is 8.42 Å². The Balaban J connectivity index is 1.95. The normalized spacial score (nSPS) is 12.0. The molecule has 3 heterocycles. The van der Waals surface area contributed by atoms with Crippen molar-refractivity contribution < 1.29 is 8.42 Å². The minimum atomic E-state index is -3.78. The summed E-state index contributed by atoms with van der Waals surface area (Å²) in [6, 6.07) is 10.4. The molecule has 0 bridgehead atoms. The molecule has 0 spiro atoms. The first-order chi connectivity index (χ1) is 12.4. The summed E-state index contributed by atoms with van der Waals surface area (Å²) in [7, 11) is -3.78. The summed E-state index contributed by atoms with van der Waals surface area (Å²) < 4.78 is 27.2. The number of fused-ring (bicyclic) bond motifs is 1. The SMILES string of the molecule is Cc1ccc(S(=O)(=O)n2ccc3c(-c4cc(C)cs4)nc(Cl)nc32)cc1. The first-order valence-corrected chi connectivity index (χ1v) is 10.5. The second kappa shape index (κ2) is 6.19. The number of hydrogen-bond acceptors (Lipinski definition) is 5. The number of nitrogens with zero attached hydrogens (tertiary/aromatic N) is 3. The molecule has 0 saturated heterocycles. The fraction of sp³-hybridized carbons (Fsp3) is 0.111. The molecular weight excluding hydrogens is 390 g/mol. The number of aryl methyl sites for hydroxylation is 2. The van der Waals surface area contributed by atoms with Gasteiger partial charge in [0.1, 0.15) is 0 Å². The van der Waals surface area contributed by atoms with Crippen molar-refractivity contribution in [2.24, 2.45) is 0 Å². The fourth-order valence-electron chi connectivity index (χ4n) is 2.73. The minimum absolute atomic E-state index is 0.0117. The van der Waals surface area contributed by atoms with Crippen molar-refractivity contribution >= 4 is 44.0 Å². The van der Waals surface area contributed by atoms with E-state index in [-0.39, 0.29) is 15.8 Å². The Labute approximate surface area is 160 Å². The maximum absolute atomic E-state index is 13.0. The third kappa shape index (κ3) is 2.82. The van der Waals surface area contributed by atoms with Crippen LogP contribution < -0.4 is 0 Å². The molecule has 0 atom stereocenters. The first kappa shape index (κ1) is 17.2. The van der Waals surface area contributed by atoms with Crippen LogP contribution in [0.25, 0.3) is 21.6 Å². The highest BCUT2D eigenvalue weighted by molar-refractivity contribution is 7.90. The number of thiophene rings is 1. The van der Waals surface area contributed by atoms with Crippen molar-refractivity contribution in [2.45, 2.75) is 18.7 Å². The first-order valence-electron chi connectivity index (χ1n) is 7.78. The number of benzene rings is 1. The average Bonchev–Trinajstić information content (AvgIpc) is 3.21. The monoisotopic (exact) mass is 403 g/mol. The van der Waals surface area contributed by atoms with Gasteiger partial charge in [-0.1, -0.05) is 17.7 Å². The molecule has 0 aliphatic rings. The van der Waals surface area contributed by atoms with Crippen molar-refractivity contribution in [3.05, 3.63) is 64.4 Å². The lowest BCUT2D eigenvalue weighted by Gasteiger charge is -2.08. The topological polar surface area (TPSA) is 64.8 Å². The Bertz CT molecular complexity index is 1230. The standard InChI is InChI=1S/C18H14ClN3O2S2/c1-11-3-5-13(6-4-11)26(23,24)22-8-7-14-16(15-9-12(2)10-25-15)20-18(19)21-17(14)22/h3-10H,1-2H3. The van der Waals surface area contributed by atoms with Crippen LogP contribution in [-0.2, 0) is 10.0 Å².